The molecule has 0 aromatic carbocycles. The Balaban J connectivity index is 2.33. The zero-order valence-electron chi connectivity index (χ0n) is 12.6. The molecule has 21 heavy (non-hydrogen) atoms. The Morgan fingerprint density at radius 3 is 2.57 bits per heavy atom. The van der Waals surface area contributed by atoms with Gasteiger partial charge >= 0.3 is 5.97 Å². The Hall–Kier alpha value is -0.700. The molecule has 1 rings (SSSR count). The van der Waals surface area contributed by atoms with Crippen molar-refractivity contribution >= 4 is 16.0 Å². The molecule has 7 nitrogen and oxygen atoms in total. The van der Waals surface area contributed by atoms with Crippen LogP contribution in [0.25, 0.3) is 0 Å². The fourth-order valence-corrected chi connectivity index (χ4v) is 3.63. The normalized spacial score (nSPS) is 17.8. The maximum absolute atomic E-state index is 12.1. The third-order valence-corrected chi connectivity index (χ3v) is 5.24. The lowest BCUT2D eigenvalue weighted by atomic mass is 10.1. The van der Waals surface area contributed by atoms with Crippen LogP contribution in [0.15, 0.2) is 0 Å². The Labute approximate surface area is 126 Å². The van der Waals surface area contributed by atoms with Crippen LogP contribution in [-0.4, -0.2) is 63.4 Å². The molecule has 1 saturated heterocycles. The van der Waals surface area contributed by atoms with E-state index < -0.39 is 16.0 Å². The summed E-state index contributed by atoms with van der Waals surface area (Å²) < 4.78 is 36.1. The number of hydrogen-bond acceptors (Lipinski definition) is 6. The molecule has 0 aromatic heterocycles. The number of ether oxygens (including phenoxy) is 2. The van der Waals surface area contributed by atoms with Gasteiger partial charge in [0.2, 0.25) is 10.0 Å². The van der Waals surface area contributed by atoms with Gasteiger partial charge < -0.3 is 15.2 Å². The molecule has 0 radical (unpaired) electrons. The molecule has 0 amide bonds. The summed E-state index contributed by atoms with van der Waals surface area (Å²) >= 11 is 0. The number of nitrogens with zero attached hydrogens (tertiary/aromatic N) is 1. The second kappa shape index (κ2) is 9.34. The molecule has 1 aliphatic heterocycles. The molecule has 0 atom stereocenters. The monoisotopic (exact) mass is 322 g/mol. The summed E-state index contributed by atoms with van der Waals surface area (Å²) in [5, 5.41) is 0. The van der Waals surface area contributed by atoms with Crippen molar-refractivity contribution in [1.82, 2.24) is 4.31 Å². The van der Waals surface area contributed by atoms with Crippen molar-refractivity contribution in [1.29, 1.82) is 0 Å². The van der Waals surface area contributed by atoms with Crippen LogP contribution in [0, 0.1) is 0 Å². The minimum Gasteiger partial charge on any atom is -0.466 e. The van der Waals surface area contributed by atoms with Crippen molar-refractivity contribution in [2.45, 2.75) is 38.7 Å². The second-order valence-electron chi connectivity index (χ2n) is 4.98. The van der Waals surface area contributed by atoms with E-state index in [2.05, 4.69) is 0 Å². The van der Waals surface area contributed by atoms with Gasteiger partial charge in [0.25, 0.3) is 0 Å². The summed E-state index contributed by atoms with van der Waals surface area (Å²) in [6.07, 6.45) is 2.20. The van der Waals surface area contributed by atoms with E-state index in [0.717, 1.165) is 6.42 Å². The molecule has 0 aliphatic carbocycles. The summed E-state index contributed by atoms with van der Waals surface area (Å²) in [6, 6.07) is 0. The largest absolute Gasteiger partial charge is 0.466 e. The summed E-state index contributed by atoms with van der Waals surface area (Å²) in [7, 11) is -3.39. The predicted molar refractivity (Wildman–Crippen MR) is 79.3 cm³/mol. The van der Waals surface area contributed by atoms with Gasteiger partial charge in [-0.25, -0.2) is 12.7 Å². The van der Waals surface area contributed by atoms with Gasteiger partial charge in [-0.15, -0.1) is 0 Å². The molecular weight excluding hydrogens is 296 g/mol. The fraction of sp³-hybridized carbons (Fsp3) is 0.923. The van der Waals surface area contributed by atoms with Gasteiger partial charge in [-0.2, -0.15) is 0 Å². The predicted octanol–water partition coefficient (Wildman–Crippen LogP) is 0.0992. The van der Waals surface area contributed by atoms with Crippen molar-refractivity contribution in [2.24, 2.45) is 5.73 Å². The maximum Gasteiger partial charge on any atom is 0.306 e. The van der Waals surface area contributed by atoms with Crippen molar-refractivity contribution in [2.75, 3.05) is 38.6 Å². The second-order valence-corrected chi connectivity index (χ2v) is 7.07. The quantitative estimate of drug-likeness (QED) is 0.477. The van der Waals surface area contributed by atoms with Gasteiger partial charge in [0.1, 0.15) is 0 Å². The first-order valence-corrected chi connectivity index (χ1v) is 9.05. The van der Waals surface area contributed by atoms with Crippen LogP contribution in [0.3, 0.4) is 0 Å². The minimum absolute atomic E-state index is 0.0941. The zero-order valence-corrected chi connectivity index (χ0v) is 13.4. The average Bonchev–Trinajstić information content (AvgIpc) is 2.46. The van der Waals surface area contributed by atoms with Crippen LogP contribution in [0.4, 0.5) is 0 Å². The Morgan fingerprint density at radius 1 is 1.33 bits per heavy atom. The highest BCUT2D eigenvalue weighted by Crippen LogP contribution is 2.17. The number of hydrogen-bond donors (Lipinski definition) is 1. The number of piperidine rings is 1. The fourth-order valence-electron chi connectivity index (χ4n) is 2.18. The Morgan fingerprint density at radius 2 is 2.00 bits per heavy atom. The van der Waals surface area contributed by atoms with E-state index in [9.17, 15) is 13.2 Å². The van der Waals surface area contributed by atoms with Crippen LogP contribution in [0.5, 0.6) is 0 Å². The Bertz CT molecular complexity index is 405. The van der Waals surface area contributed by atoms with Gasteiger partial charge in [0, 0.05) is 19.7 Å². The van der Waals surface area contributed by atoms with Crippen molar-refractivity contribution in [3.63, 3.8) is 0 Å². The van der Waals surface area contributed by atoms with E-state index in [4.69, 9.17) is 15.2 Å². The molecule has 1 aliphatic rings. The minimum atomic E-state index is -3.39. The highest BCUT2D eigenvalue weighted by Gasteiger charge is 2.28. The van der Waals surface area contributed by atoms with Gasteiger partial charge in [-0.1, -0.05) is 0 Å². The van der Waals surface area contributed by atoms with Crippen molar-refractivity contribution < 1.29 is 22.7 Å². The standard InChI is InChI=1S/C13H26N2O5S/c1-2-19-13(16)6-11-21(17,18)15-8-4-12(5-9-15)20-10-3-7-14/h12H,2-11,14H2,1H3. The number of nitrogens with two attached hydrogens (primary N) is 1. The maximum atomic E-state index is 12.1. The highest BCUT2D eigenvalue weighted by molar-refractivity contribution is 7.89. The van der Waals surface area contributed by atoms with Crippen LogP contribution in [0.2, 0.25) is 0 Å². The first kappa shape index (κ1) is 18.3. The number of esters is 1. The molecule has 0 spiro atoms. The molecule has 1 heterocycles. The third kappa shape index (κ3) is 6.73. The first-order valence-electron chi connectivity index (χ1n) is 7.44. The summed E-state index contributed by atoms with van der Waals surface area (Å²) in [5.74, 6) is -0.661. The van der Waals surface area contributed by atoms with E-state index in [0.29, 0.717) is 39.1 Å². The van der Waals surface area contributed by atoms with Gasteiger partial charge in [0.15, 0.2) is 0 Å². The molecular formula is C13H26N2O5S. The Kier molecular flexibility index (Phi) is 8.16. The molecule has 8 heteroatoms. The van der Waals surface area contributed by atoms with E-state index in [1.165, 1.54) is 4.31 Å². The SMILES string of the molecule is CCOC(=O)CCS(=O)(=O)N1CCC(OCCCN)CC1. The zero-order chi connectivity index (χ0) is 15.7. The van der Waals surface area contributed by atoms with E-state index in [-0.39, 0.29) is 24.9 Å². The van der Waals surface area contributed by atoms with Crippen LogP contribution in [0.1, 0.15) is 32.6 Å². The summed E-state index contributed by atoms with van der Waals surface area (Å²) in [6.45, 7) is 4.07. The lowest BCUT2D eigenvalue weighted by Gasteiger charge is -2.31. The molecule has 1 fully saturated rings. The molecule has 124 valence electrons. The topological polar surface area (TPSA) is 98.9 Å². The lowest BCUT2D eigenvalue weighted by Crippen LogP contribution is -2.42. The number of rotatable bonds is 9. The van der Waals surface area contributed by atoms with Crippen molar-refractivity contribution in [3.8, 4) is 0 Å². The van der Waals surface area contributed by atoms with Crippen LogP contribution >= 0.6 is 0 Å². The number of carbonyl (C=O) groups is 1. The smallest absolute Gasteiger partial charge is 0.306 e. The highest BCUT2D eigenvalue weighted by atomic mass is 32.2. The van der Waals surface area contributed by atoms with E-state index in [1.54, 1.807) is 6.92 Å². The van der Waals surface area contributed by atoms with Crippen LogP contribution in [-0.2, 0) is 24.3 Å². The average molecular weight is 322 g/mol. The number of carbonyl (C=O) groups excluding carboxylic acids is 1. The first-order chi connectivity index (χ1) is 9.99. The van der Waals surface area contributed by atoms with E-state index >= 15 is 0 Å². The summed E-state index contributed by atoms with van der Waals surface area (Å²) in [5.41, 5.74) is 5.40. The summed E-state index contributed by atoms with van der Waals surface area (Å²) in [4.78, 5) is 11.2. The van der Waals surface area contributed by atoms with E-state index in [1.807, 2.05) is 0 Å². The van der Waals surface area contributed by atoms with Crippen molar-refractivity contribution in [3.05, 3.63) is 0 Å². The molecule has 0 saturated carbocycles. The molecule has 0 unspecified atom stereocenters. The number of sulfonamides is 1. The van der Waals surface area contributed by atoms with Gasteiger partial charge in [-0.05, 0) is 32.7 Å². The van der Waals surface area contributed by atoms with Gasteiger partial charge in [-0.3, -0.25) is 4.79 Å². The lowest BCUT2D eigenvalue weighted by molar-refractivity contribution is -0.142. The third-order valence-electron chi connectivity index (χ3n) is 3.37. The molecule has 0 bridgehead atoms. The molecule has 0 aromatic rings. The van der Waals surface area contributed by atoms with Gasteiger partial charge in [0.05, 0.1) is 24.9 Å². The van der Waals surface area contributed by atoms with Crippen LogP contribution < -0.4 is 5.73 Å². The molecule has 2 N–H and O–H groups in total.